The van der Waals surface area contributed by atoms with Crippen molar-refractivity contribution in [1.82, 2.24) is 21.3 Å². The molecule has 4 amide bonds. The van der Waals surface area contributed by atoms with Crippen molar-refractivity contribution >= 4 is 35.4 Å². The molecule has 0 unspecified atom stereocenters. The molecule has 4 atom stereocenters. The van der Waals surface area contributed by atoms with Gasteiger partial charge in [0.1, 0.15) is 18.1 Å². The van der Waals surface area contributed by atoms with E-state index in [-0.39, 0.29) is 36.5 Å². The number of nitrogens with one attached hydrogen (secondary N) is 4. The molecule has 13 nitrogen and oxygen atoms in total. The van der Waals surface area contributed by atoms with E-state index < -0.39 is 48.5 Å². The van der Waals surface area contributed by atoms with E-state index in [1.807, 2.05) is 0 Å². The minimum Gasteiger partial charge on any atom is -0.394 e. The maximum Gasteiger partial charge on any atom is 0.245 e. The summed E-state index contributed by atoms with van der Waals surface area (Å²) < 4.78 is 0. The molecule has 0 saturated heterocycles. The summed E-state index contributed by atoms with van der Waals surface area (Å²) >= 11 is 0. The number of carbonyl (C=O) groups is 5. The Bertz CT molecular complexity index is 955. The van der Waals surface area contributed by atoms with Crippen molar-refractivity contribution < 1.29 is 29.1 Å². The van der Waals surface area contributed by atoms with Crippen LogP contribution in [0.25, 0.3) is 0 Å². The molecule has 0 aromatic rings. The Kier molecular flexibility index (Phi) is 25.0. The van der Waals surface area contributed by atoms with Gasteiger partial charge in [0.15, 0.2) is 11.7 Å². The number of hydrogen-bond donors (Lipinski definition) is 7. The van der Waals surface area contributed by atoms with Crippen molar-refractivity contribution in [3.63, 3.8) is 0 Å². The van der Waals surface area contributed by atoms with E-state index >= 15 is 0 Å². The van der Waals surface area contributed by atoms with Crippen LogP contribution >= 0.6 is 0 Å². The molecule has 0 spiro atoms. The first kappa shape index (κ1) is 43.8. The van der Waals surface area contributed by atoms with Gasteiger partial charge in [-0.15, -0.1) is 0 Å². The average molecular weight is 668 g/mol. The number of guanidine groups is 1. The van der Waals surface area contributed by atoms with Crippen molar-refractivity contribution in [2.45, 2.75) is 162 Å². The number of amides is 4. The lowest BCUT2D eigenvalue weighted by Gasteiger charge is -2.26. The molecular formula is C34H65N7O6. The number of hydrogen-bond acceptors (Lipinski definition) is 7. The van der Waals surface area contributed by atoms with Crippen LogP contribution in [0.2, 0.25) is 0 Å². The van der Waals surface area contributed by atoms with Crippen LogP contribution in [0, 0.1) is 5.92 Å². The molecule has 0 heterocycles. The number of carbonyl (C=O) groups excluding carboxylic acids is 5. The van der Waals surface area contributed by atoms with Crippen LogP contribution in [0.15, 0.2) is 4.99 Å². The zero-order valence-electron chi connectivity index (χ0n) is 29.7. The van der Waals surface area contributed by atoms with Gasteiger partial charge in [-0.3, -0.25) is 29.0 Å². The Hall–Kier alpha value is -3.22. The number of aliphatic hydroxyl groups excluding tert-OH is 1. The van der Waals surface area contributed by atoms with Gasteiger partial charge in [0.05, 0.1) is 12.6 Å². The fourth-order valence-electron chi connectivity index (χ4n) is 5.00. The molecule has 13 heteroatoms. The maximum absolute atomic E-state index is 13.3. The zero-order valence-corrected chi connectivity index (χ0v) is 29.7. The molecule has 0 aliphatic carbocycles. The van der Waals surface area contributed by atoms with Crippen molar-refractivity contribution in [2.24, 2.45) is 22.4 Å². The van der Waals surface area contributed by atoms with E-state index in [2.05, 4.69) is 33.2 Å². The number of aliphatic imine (C=N–C) groups is 1. The second kappa shape index (κ2) is 26.8. The Balaban J connectivity index is 4.96. The maximum atomic E-state index is 13.3. The number of Topliss-reactive ketones (excluding diaryl/α,β-unsaturated/α-hetero) is 1. The number of nitrogens with two attached hydrogens (primary N) is 2. The largest absolute Gasteiger partial charge is 0.394 e. The average Bonchev–Trinajstić information content (AvgIpc) is 3.01. The molecule has 0 aromatic carbocycles. The van der Waals surface area contributed by atoms with Crippen molar-refractivity contribution in [3.8, 4) is 0 Å². The van der Waals surface area contributed by atoms with E-state index in [4.69, 9.17) is 11.5 Å². The van der Waals surface area contributed by atoms with Crippen LogP contribution < -0.4 is 32.7 Å². The van der Waals surface area contributed by atoms with Gasteiger partial charge >= 0.3 is 0 Å². The van der Waals surface area contributed by atoms with E-state index in [1.54, 1.807) is 13.8 Å². The summed E-state index contributed by atoms with van der Waals surface area (Å²) in [5.41, 5.74) is 10.8. The molecule has 0 saturated carbocycles. The van der Waals surface area contributed by atoms with Crippen molar-refractivity contribution in [3.05, 3.63) is 0 Å². The second-order valence-electron chi connectivity index (χ2n) is 12.9. The highest BCUT2D eigenvalue weighted by molar-refractivity contribution is 5.95. The highest BCUT2D eigenvalue weighted by Crippen LogP contribution is 2.13. The molecule has 9 N–H and O–H groups in total. The van der Waals surface area contributed by atoms with Gasteiger partial charge in [-0.25, -0.2) is 0 Å². The lowest BCUT2D eigenvalue weighted by Crippen LogP contribution is -2.59. The Labute approximate surface area is 282 Å². The SMILES string of the molecule is CCCCCCCCCCCCCCCC(=O)N[C@H](C(=O)N[C@@H](CCCN=C(N)N)C(=O)N[C@@H](CO)C(=O)N[C@@H](C)C(C)=O)C(C)C. The van der Waals surface area contributed by atoms with Gasteiger partial charge in [-0.05, 0) is 39.0 Å². The summed E-state index contributed by atoms with van der Waals surface area (Å²) in [6, 6.07) is -4.14. The predicted molar refractivity (Wildman–Crippen MR) is 186 cm³/mol. The zero-order chi connectivity index (χ0) is 35.6. The molecule has 0 aliphatic rings. The molecular weight excluding hydrogens is 602 g/mol. The summed E-state index contributed by atoms with van der Waals surface area (Å²) in [6.07, 6.45) is 16.4. The Morgan fingerprint density at radius 1 is 0.660 bits per heavy atom. The molecule has 47 heavy (non-hydrogen) atoms. The monoisotopic (exact) mass is 667 g/mol. The smallest absolute Gasteiger partial charge is 0.245 e. The first-order chi connectivity index (χ1) is 22.3. The van der Waals surface area contributed by atoms with Gasteiger partial charge in [-0.1, -0.05) is 97.8 Å². The fourth-order valence-corrected chi connectivity index (χ4v) is 5.00. The molecule has 0 bridgehead atoms. The van der Waals surface area contributed by atoms with E-state index in [9.17, 15) is 29.1 Å². The van der Waals surface area contributed by atoms with Gasteiger partial charge in [0, 0.05) is 13.0 Å². The second-order valence-corrected chi connectivity index (χ2v) is 12.9. The number of unbranched alkanes of at least 4 members (excludes halogenated alkanes) is 12. The lowest BCUT2D eigenvalue weighted by atomic mass is 10.0. The summed E-state index contributed by atoms with van der Waals surface area (Å²) in [4.78, 5) is 67.3. The van der Waals surface area contributed by atoms with Crippen LogP contribution in [0.3, 0.4) is 0 Å². The minimum absolute atomic E-state index is 0.113. The predicted octanol–water partition coefficient (Wildman–Crippen LogP) is 2.72. The first-order valence-corrected chi connectivity index (χ1v) is 17.7. The van der Waals surface area contributed by atoms with Gasteiger partial charge in [-0.2, -0.15) is 0 Å². The molecule has 0 aromatic heterocycles. The van der Waals surface area contributed by atoms with Crippen LogP contribution in [0.4, 0.5) is 0 Å². The third kappa shape index (κ3) is 22.1. The fraction of sp³-hybridized carbons (Fsp3) is 0.824. The standard InChI is InChI=1S/C34H65N7O6/c1-6-7-8-9-10-11-12-13-14-15-16-17-18-21-29(44)41-30(24(2)3)33(47)39-27(20-19-22-37-34(35)36)31(45)40-28(23-42)32(46)38-25(4)26(5)43/h24-25,27-28,30,42H,6-23H2,1-5H3,(H,38,46)(H,39,47)(H,40,45)(H,41,44)(H4,35,36,37)/t25-,27-,28-,30-/m0/s1. The normalized spacial score (nSPS) is 13.6. The van der Waals surface area contributed by atoms with Gasteiger partial charge in [0.2, 0.25) is 23.6 Å². The number of nitrogens with zero attached hydrogens (tertiary/aromatic N) is 1. The van der Waals surface area contributed by atoms with Crippen molar-refractivity contribution in [2.75, 3.05) is 13.2 Å². The van der Waals surface area contributed by atoms with Gasteiger partial charge in [0.25, 0.3) is 0 Å². The number of rotatable bonds is 28. The third-order valence-electron chi connectivity index (χ3n) is 8.14. The van der Waals surface area contributed by atoms with E-state index in [0.29, 0.717) is 12.8 Å². The molecule has 0 rings (SSSR count). The molecule has 0 aliphatic heterocycles. The minimum atomic E-state index is -1.35. The Morgan fingerprint density at radius 3 is 1.62 bits per heavy atom. The van der Waals surface area contributed by atoms with Crippen LogP contribution in [0.5, 0.6) is 0 Å². The lowest BCUT2D eigenvalue weighted by molar-refractivity contribution is -0.135. The molecule has 0 fully saturated rings. The third-order valence-corrected chi connectivity index (χ3v) is 8.14. The van der Waals surface area contributed by atoms with Gasteiger partial charge < -0.3 is 37.8 Å². The summed E-state index contributed by atoms with van der Waals surface area (Å²) in [5.74, 6) is -2.90. The number of aliphatic hydroxyl groups is 1. The number of ketones is 1. The van der Waals surface area contributed by atoms with Crippen LogP contribution in [0.1, 0.15) is 137 Å². The highest BCUT2D eigenvalue weighted by Gasteiger charge is 2.31. The topological polar surface area (TPSA) is 218 Å². The highest BCUT2D eigenvalue weighted by atomic mass is 16.3. The quantitative estimate of drug-likeness (QED) is 0.0373. The Morgan fingerprint density at radius 2 is 1.15 bits per heavy atom. The summed E-state index contributed by atoms with van der Waals surface area (Å²) in [5, 5.41) is 20.1. The molecule has 0 radical (unpaired) electrons. The summed E-state index contributed by atoms with van der Waals surface area (Å²) in [7, 11) is 0. The van der Waals surface area contributed by atoms with E-state index in [1.165, 1.54) is 71.6 Å². The summed E-state index contributed by atoms with van der Waals surface area (Å²) in [6.45, 7) is 8.11. The van der Waals surface area contributed by atoms with E-state index in [0.717, 1.165) is 25.7 Å². The first-order valence-electron chi connectivity index (χ1n) is 17.7. The van der Waals surface area contributed by atoms with Crippen molar-refractivity contribution in [1.29, 1.82) is 0 Å². The molecule has 272 valence electrons. The van der Waals surface area contributed by atoms with Crippen LogP contribution in [-0.2, 0) is 24.0 Å². The van der Waals surface area contributed by atoms with Crippen LogP contribution in [-0.4, -0.2) is 77.8 Å².